The van der Waals surface area contributed by atoms with Gasteiger partial charge in [-0.3, -0.25) is 9.59 Å². The molecule has 1 aliphatic heterocycles. The zero-order chi connectivity index (χ0) is 17.1. The van der Waals surface area contributed by atoms with Crippen LogP contribution in [0.15, 0.2) is 5.38 Å². The lowest BCUT2D eigenvalue weighted by molar-refractivity contribution is -0.130. The minimum Gasteiger partial charge on any atom is -0.355 e. The molecular formula is C18H27N3O2S. The fourth-order valence-electron chi connectivity index (χ4n) is 3.64. The number of nitrogens with one attached hydrogen (secondary N) is 1. The van der Waals surface area contributed by atoms with Gasteiger partial charge in [-0.1, -0.05) is 26.7 Å². The van der Waals surface area contributed by atoms with Crippen molar-refractivity contribution in [3.05, 3.63) is 16.1 Å². The molecule has 1 saturated carbocycles. The second-order valence-corrected chi connectivity index (χ2v) is 8.15. The Morgan fingerprint density at radius 2 is 2.17 bits per heavy atom. The maximum Gasteiger partial charge on any atom is 0.225 e. The van der Waals surface area contributed by atoms with Crippen molar-refractivity contribution in [1.82, 2.24) is 15.2 Å². The number of carbonyl (C=O) groups excluding carboxylic acids is 2. The maximum atomic E-state index is 12.3. The Hall–Kier alpha value is -1.43. The van der Waals surface area contributed by atoms with Crippen LogP contribution in [0.2, 0.25) is 0 Å². The van der Waals surface area contributed by atoms with Crippen LogP contribution in [-0.4, -0.2) is 40.8 Å². The average molecular weight is 350 g/mol. The van der Waals surface area contributed by atoms with Gasteiger partial charge in [-0.2, -0.15) is 0 Å². The van der Waals surface area contributed by atoms with Crippen molar-refractivity contribution in [2.24, 2.45) is 5.92 Å². The van der Waals surface area contributed by atoms with Gasteiger partial charge >= 0.3 is 0 Å². The highest BCUT2D eigenvalue weighted by molar-refractivity contribution is 7.09. The molecule has 0 bridgehead atoms. The van der Waals surface area contributed by atoms with Gasteiger partial charge in [-0.05, 0) is 12.8 Å². The molecule has 1 aromatic rings. The Kier molecular flexibility index (Phi) is 5.54. The van der Waals surface area contributed by atoms with Crippen molar-refractivity contribution < 1.29 is 9.59 Å². The fourth-order valence-corrected chi connectivity index (χ4v) is 4.51. The number of amides is 2. The molecule has 1 saturated heterocycles. The van der Waals surface area contributed by atoms with Crippen molar-refractivity contribution in [2.75, 3.05) is 13.1 Å². The number of hydrogen-bond acceptors (Lipinski definition) is 4. The van der Waals surface area contributed by atoms with Crippen molar-refractivity contribution in [1.29, 1.82) is 0 Å². The lowest BCUT2D eigenvalue weighted by Gasteiger charge is -2.23. The molecule has 132 valence electrons. The van der Waals surface area contributed by atoms with E-state index in [9.17, 15) is 9.59 Å². The molecule has 2 aliphatic rings. The molecule has 1 aromatic heterocycles. The van der Waals surface area contributed by atoms with E-state index >= 15 is 0 Å². The van der Waals surface area contributed by atoms with Gasteiger partial charge in [0.2, 0.25) is 11.8 Å². The number of thiazole rings is 1. The van der Waals surface area contributed by atoms with Gasteiger partial charge in [-0.15, -0.1) is 11.3 Å². The highest BCUT2D eigenvalue weighted by atomic mass is 32.1. The molecule has 3 rings (SSSR count). The predicted molar refractivity (Wildman–Crippen MR) is 95.0 cm³/mol. The van der Waals surface area contributed by atoms with Gasteiger partial charge in [0.15, 0.2) is 0 Å². The summed E-state index contributed by atoms with van der Waals surface area (Å²) >= 11 is 1.68. The summed E-state index contributed by atoms with van der Waals surface area (Å²) in [5.74, 6) is 0.440. The topological polar surface area (TPSA) is 62.3 Å². The summed E-state index contributed by atoms with van der Waals surface area (Å²) in [6.45, 7) is 5.47. The third kappa shape index (κ3) is 3.97. The SMILES string of the molecule is CC(C)c1nc(CCNC(=O)C2CC(=O)N(C3CCCC3)C2)cs1. The number of hydrogen-bond donors (Lipinski definition) is 1. The van der Waals surface area contributed by atoms with E-state index in [1.54, 1.807) is 11.3 Å². The van der Waals surface area contributed by atoms with Crippen LogP contribution in [0.5, 0.6) is 0 Å². The molecule has 5 nitrogen and oxygen atoms in total. The molecule has 2 amide bonds. The van der Waals surface area contributed by atoms with Crippen LogP contribution in [0.3, 0.4) is 0 Å². The van der Waals surface area contributed by atoms with Crippen LogP contribution in [0.4, 0.5) is 0 Å². The number of carbonyl (C=O) groups is 2. The van der Waals surface area contributed by atoms with Crippen LogP contribution in [0.1, 0.15) is 62.6 Å². The Morgan fingerprint density at radius 3 is 2.83 bits per heavy atom. The summed E-state index contributed by atoms with van der Waals surface area (Å²) in [6, 6.07) is 0.375. The van der Waals surface area contributed by atoms with E-state index in [2.05, 4.69) is 29.5 Å². The second kappa shape index (κ2) is 7.64. The zero-order valence-corrected chi connectivity index (χ0v) is 15.4. The van der Waals surface area contributed by atoms with Crippen LogP contribution in [-0.2, 0) is 16.0 Å². The monoisotopic (exact) mass is 349 g/mol. The highest BCUT2D eigenvalue weighted by Gasteiger charge is 2.38. The minimum atomic E-state index is -0.181. The molecule has 2 heterocycles. The first kappa shape index (κ1) is 17.4. The van der Waals surface area contributed by atoms with Crippen molar-refractivity contribution in [2.45, 2.75) is 64.3 Å². The zero-order valence-electron chi connectivity index (χ0n) is 14.6. The Bertz CT molecular complexity index is 593. The predicted octanol–water partition coefficient (Wildman–Crippen LogP) is 2.72. The van der Waals surface area contributed by atoms with Gasteiger partial charge in [0.05, 0.1) is 16.6 Å². The third-order valence-corrected chi connectivity index (χ3v) is 6.23. The van der Waals surface area contributed by atoms with E-state index in [1.165, 1.54) is 12.8 Å². The highest BCUT2D eigenvalue weighted by Crippen LogP contribution is 2.29. The molecule has 0 aromatic carbocycles. The molecule has 6 heteroatoms. The van der Waals surface area contributed by atoms with Crippen molar-refractivity contribution in [3.63, 3.8) is 0 Å². The molecular weight excluding hydrogens is 322 g/mol. The van der Waals surface area contributed by atoms with Crippen LogP contribution >= 0.6 is 11.3 Å². The summed E-state index contributed by atoms with van der Waals surface area (Å²) in [4.78, 5) is 31.1. The standard InChI is InChI=1S/C18H27N3O2S/c1-12(2)18-20-14(11-24-18)7-8-19-17(23)13-9-16(22)21(10-13)15-5-3-4-6-15/h11-13,15H,3-10H2,1-2H3,(H,19,23). The average Bonchev–Trinajstić information content (AvgIpc) is 3.26. The maximum absolute atomic E-state index is 12.3. The van der Waals surface area contributed by atoms with Gasteiger partial charge < -0.3 is 10.2 Å². The van der Waals surface area contributed by atoms with Crippen LogP contribution in [0, 0.1) is 5.92 Å². The van der Waals surface area contributed by atoms with Gasteiger partial charge in [0, 0.05) is 43.3 Å². The smallest absolute Gasteiger partial charge is 0.225 e. The summed E-state index contributed by atoms with van der Waals surface area (Å²) in [7, 11) is 0. The van der Waals surface area contributed by atoms with Crippen LogP contribution in [0.25, 0.3) is 0 Å². The van der Waals surface area contributed by atoms with Gasteiger partial charge in [-0.25, -0.2) is 4.98 Å². The summed E-state index contributed by atoms with van der Waals surface area (Å²) in [5.41, 5.74) is 1.04. The number of rotatable bonds is 6. The van der Waals surface area contributed by atoms with Crippen molar-refractivity contribution in [3.8, 4) is 0 Å². The van der Waals surface area contributed by atoms with E-state index in [0.29, 0.717) is 31.5 Å². The fraction of sp³-hybridized carbons (Fsp3) is 0.722. The molecule has 1 aliphatic carbocycles. The number of aromatic nitrogens is 1. The van der Waals surface area contributed by atoms with Gasteiger partial charge in [0.1, 0.15) is 0 Å². The number of nitrogens with zero attached hydrogens (tertiary/aromatic N) is 2. The Balaban J connectivity index is 1.44. The molecule has 2 fully saturated rings. The van der Waals surface area contributed by atoms with E-state index in [-0.39, 0.29) is 17.7 Å². The Morgan fingerprint density at radius 1 is 1.42 bits per heavy atom. The largest absolute Gasteiger partial charge is 0.355 e. The normalized spacial score (nSPS) is 21.9. The molecule has 24 heavy (non-hydrogen) atoms. The summed E-state index contributed by atoms with van der Waals surface area (Å²) < 4.78 is 0. The second-order valence-electron chi connectivity index (χ2n) is 7.26. The van der Waals surface area contributed by atoms with E-state index in [1.807, 2.05) is 4.90 Å². The molecule has 1 N–H and O–H groups in total. The number of likely N-dealkylation sites (tertiary alicyclic amines) is 1. The van der Waals surface area contributed by atoms with E-state index < -0.39 is 0 Å². The van der Waals surface area contributed by atoms with Crippen molar-refractivity contribution >= 4 is 23.2 Å². The first-order chi connectivity index (χ1) is 11.5. The van der Waals surface area contributed by atoms with E-state index in [4.69, 9.17) is 0 Å². The molecule has 1 atom stereocenters. The minimum absolute atomic E-state index is 0.0168. The molecule has 1 unspecified atom stereocenters. The Labute approximate surface area is 147 Å². The lowest BCUT2D eigenvalue weighted by atomic mass is 10.1. The van der Waals surface area contributed by atoms with Gasteiger partial charge in [0.25, 0.3) is 0 Å². The summed E-state index contributed by atoms with van der Waals surface area (Å²) in [6.07, 6.45) is 5.73. The quantitative estimate of drug-likeness (QED) is 0.859. The first-order valence-electron chi connectivity index (χ1n) is 9.06. The molecule has 0 spiro atoms. The third-order valence-electron chi connectivity index (χ3n) is 5.04. The lowest BCUT2D eigenvalue weighted by Crippen LogP contribution is -2.37. The van der Waals surface area contributed by atoms with E-state index in [0.717, 1.165) is 30.0 Å². The summed E-state index contributed by atoms with van der Waals surface area (Å²) in [5, 5.41) is 6.21. The first-order valence-corrected chi connectivity index (χ1v) is 9.94. The molecule has 0 radical (unpaired) electrons. The van der Waals surface area contributed by atoms with Crippen LogP contribution < -0.4 is 5.32 Å².